The van der Waals surface area contributed by atoms with Gasteiger partial charge < -0.3 is 33.8 Å². The summed E-state index contributed by atoms with van der Waals surface area (Å²) in [4.78, 5) is 72.3. The van der Waals surface area contributed by atoms with E-state index in [1.165, 1.54) is 154 Å². The van der Waals surface area contributed by atoms with Gasteiger partial charge in [0.1, 0.15) is 19.3 Å². The topological polar surface area (TPSA) is 237 Å². The van der Waals surface area contributed by atoms with Crippen molar-refractivity contribution in [3.8, 4) is 0 Å². The molecule has 0 radical (unpaired) electrons. The minimum atomic E-state index is -4.95. The van der Waals surface area contributed by atoms with E-state index in [4.69, 9.17) is 37.0 Å². The predicted molar refractivity (Wildman–Crippen MR) is 354 cm³/mol. The van der Waals surface area contributed by atoms with Crippen molar-refractivity contribution in [2.24, 2.45) is 11.8 Å². The predicted octanol–water partition coefficient (Wildman–Crippen LogP) is 19.6. The maximum atomic E-state index is 13.0. The first-order chi connectivity index (χ1) is 42.4. The summed E-state index contributed by atoms with van der Waals surface area (Å²) in [6.07, 6.45) is 46.1. The molecule has 0 bridgehead atoms. The molecule has 0 spiro atoms. The highest BCUT2D eigenvalue weighted by Gasteiger charge is 2.30. The Morgan fingerprint density at radius 3 is 0.773 bits per heavy atom. The number of aliphatic hydroxyl groups is 1. The molecule has 3 N–H and O–H groups in total. The molecule has 0 heterocycles. The molecule has 0 aromatic rings. The van der Waals surface area contributed by atoms with Crippen molar-refractivity contribution in [2.45, 2.75) is 368 Å². The van der Waals surface area contributed by atoms with E-state index in [0.29, 0.717) is 31.6 Å². The lowest BCUT2D eigenvalue weighted by molar-refractivity contribution is -0.161. The van der Waals surface area contributed by atoms with Crippen molar-refractivity contribution < 1.29 is 80.2 Å². The Morgan fingerprint density at radius 1 is 0.307 bits per heavy atom. The van der Waals surface area contributed by atoms with Crippen LogP contribution in [0.15, 0.2) is 0 Å². The molecule has 0 aromatic heterocycles. The molecule has 0 aliphatic rings. The summed E-state index contributed by atoms with van der Waals surface area (Å²) in [6.45, 7) is 9.44. The Labute approximate surface area is 537 Å². The monoisotopic (exact) mass is 1300 g/mol. The van der Waals surface area contributed by atoms with E-state index < -0.39 is 97.5 Å². The van der Waals surface area contributed by atoms with Crippen molar-refractivity contribution >= 4 is 39.5 Å². The van der Waals surface area contributed by atoms with Crippen molar-refractivity contribution in [3.63, 3.8) is 0 Å². The highest BCUT2D eigenvalue weighted by atomic mass is 31.2. The summed E-state index contributed by atoms with van der Waals surface area (Å²) in [7, 11) is -9.89. The summed E-state index contributed by atoms with van der Waals surface area (Å²) in [6, 6.07) is 0. The van der Waals surface area contributed by atoms with Gasteiger partial charge in [-0.2, -0.15) is 0 Å². The summed E-state index contributed by atoms with van der Waals surface area (Å²) in [5.41, 5.74) is 0. The maximum absolute atomic E-state index is 13.0. The molecule has 0 aliphatic heterocycles. The number of phosphoric ester groups is 2. The zero-order valence-electron chi connectivity index (χ0n) is 57.0. The van der Waals surface area contributed by atoms with Gasteiger partial charge in [0, 0.05) is 25.7 Å². The van der Waals surface area contributed by atoms with Crippen LogP contribution in [0, 0.1) is 11.8 Å². The number of unbranched alkanes of at least 4 members (excludes halogenated alkanes) is 38. The average Bonchev–Trinajstić information content (AvgIpc) is 3.55. The molecule has 0 aromatic carbocycles. The number of esters is 4. The maximum Gasteiger partial charge on any atom is 0.472 e. The van der Waals surface area contributed by atoms with Gasteiger partial charge in [0.25, 0.3) is 0 Å². The van der Waals surface area contributed by atoms with E-state index in [1.54, 1.807) is 0 Å². The van der Waals surface area contributed by atoms with Crippen LogP contribution in [0.1, 0.15) is 350 Å². The first-order valence-corrected chi connectivity index (χ1v) is 39.0. The Balaban J connectivity index is 5.20. The minimum Gasteiger partial charge on any atom is -0.462 e. The third-order valence-corrected chi connectivity index (χ3v) is 17.9. The zero-order chi connectivity index (χ0) is 65.0. The molecule has 88 heavy (non-hydrogen) atoms. The molecule has 0 saturated heterocycles. The lowest BCUT2D eigenvalue weighted by Crippen LogP contribution is -2.30. The molecular weight excluding hydrogens is 1160 g/mol. The normalized spacial score (nSPS) is 14.2. The number of carbonyl (C=O) groups excluding carboxylic acids is 4. The fourth-order valence-corrected chi connectivity index (χ4v) is 12.0. The number of rotatable bonds is 68. The molecule has 0 aliphatic carbocycles. The number of hydrogen-bond acceptors (Lipinski definition) is 15. The van der Waals surface area contributed by atoms with Crippen molar-refractivity contribution in [3.05, 3.63) is 0 Å². The van der Waals surface area contributed by atoms with Crippen LogP contribution in [0.4, 0.5) is 0 Å². The first kappa shape index (κ1) is 86.1. The average molecular weight is 1300 g/mol. The smallest absolute Gasteiger partial charge is 0.462 e. The number of aliphatic hydroxyl groups excluding tert-OH is 1. The Kier molecular flexibility index (Phi) is 59.9. The Morgan fingerprint density at radius 2 is 0.523 bits per heavy atom. The molecule has 0 rings (SSSR count). The standard InChI is InChI=1S/C69H134O17P2/c1-7-9-11-13-15-16-17-18-19-20-21-22-25-29-35-41-47-53-68(73)85-65(58-80-67(72)52-46-40-34-28-26-23-24-27-32-37-43-49-61(3)4)60-84-88(77,78)82-56-63(70)55-81-87(75,76)83-59-64(57-79-66(71)51-45-39-31-14-12-10-8-2)86-69(74)54-48-42-36-30-33-38-44-50-62(5)6/h61-65,70H,7-60H2,1-6H3,(H,75,76)(H,77,78)/t63-,64+,65+/m0/s1. The van der Waals surface area contributed by atoms with Gasteiger partial charge in [0.2, 0.25) is 0 Å². The number of ether oxygens (including phenoxy) is 4. The number of carbonyl (C=O) groups is 4. The SMILES string of the molecule is CCCCCCCCCCCCCCCCCCCC(=O)O[C@H](COC(=O)CCCCCCCCCCCCCC(C)C)COP(=O)(O)OC[C@@H](O)COP(=O)(O)OC[C@@H](COC(=O)CCCCCCCCC)OC(=O)CCCCCCCCCC(C)C. The lowest BCUT2D eigenvalue weighted by atomic mass is 10.0. The largest absolute Gasteiger partial charge is 0.472 e. The molecule has 0 amide bonds. The van der Waals surface area contributed by atoms with E-state index in [-0.39, 0.29) is 25.7 Å². The van der Waals surface area contributed by atoms with E-state index in [1.807, 2.05) is 0 Å². The van der Waals surface area contributed by atoms with Gasteiger partial charge >= 0.3 is 39.5 Å². The van der Waals surface area contributed by atoms with E-state index in [2.05, 4.69) is 41.5 Å². The molecule has 17 nitrogen and oxygen atoms in total. The highest BCUT2D eigenvalue weighted by Crippen LogP contribution is 2.45. The van der Waals surface area contributed by atoms with Gasteiger partial charge in [-0.15, -0.1) is 0 Å². The third kappa shape index (κ3) is 62.8. The second-order valence-corrected chi connectivity index (χ2v) is 28.8. The molecule has 19 heteroatoms. The van der Waals surface area contributed by atoms with E-state index >= 15 is 0 Å². The molecular formula is C69H134O17P2. The van der Waals surface area contributed by atoms with Gasteiger partial charge in [-0.25, -0.2) is 9.13 Å². The van der Waals surface area contributed by atoms with Crippen LogP contribution in [-0.4, -0.2) is 96.7 Å². The second-order valence-electron chi connectivity index (χ2n) is 25.9. The Bertz CT molecular complexity index is 1720. The fraction of sp³-hybridized carbons (Fsp3) is 0.942. The molecule has 2 unspecified atom stereocenters. The van der Waals surface area contributed by atoms with Gasteiger partial charge in [-0.05, 0) is 37.5 Å². The van der Waals surface area contributed by atoms with Crippen LogP contribution in [0.2, 0.25) is 0 Å². The van der Waals surface area contributed by atoms with Gasteiger partial charge in [0.15, 0.2) is 12.2 Å². The summed E-state index contributed by atoms with van der Waals surface area (Å²) in [5.74, 6) is -0.665. The fourth-order valence-electron chi connectivity index (χ4n) is 10.4. The summed E-state index contributed by atoms with van der Waals surface area (Å²) < 4.78 is 68.1. The van der Waals surface area contributed by atoms with Crippen LogP contribution < -0.4 is 0 Å². The third-order valence-electron chi connectivity index (χ3n) is 16.0. The quantitative estimate of drug-likeness (QED) is 0.0222. The van der Waals surface area contributed by atoms with Crippen molar-refractivity contribution in [1.82, 2.24) is 0 Å². The van der Waals surface area contributed by atoms with Crippen LogP contribution in [-0.2, 0) is 65.4 Å². The van der Waals surface area contributed by atoms with Crippen LogP contribution in [0.5, 0.6) is 0 Å². The second kappa shape index (κ2) is 61.3. The van der Waals surface area contributed by atoms with Crippen molar-refractivity contribution in [2.75, 3.05) is 39.6 Å². The Hall–Kier alpha value is -1.94. The lowest BCUT2D eigenvalue weighted by Gasteiger charge is -2.21. The van der Waals surface area contributed by atoms with Crippen LogP contribution in [0.3, 0.4) is 0 Å². The zero-order valence-corrected chi connectivity index (χ0v) is 58.8. The molecule has 5 atom stereocenters. The van der Waals surface area contributed by atoms with Gasteiger partial charge in [-0.1, -0.05) is 298 Å². The van der Waals surface area contributed by atoms with Crippen LogP contribution in [0.25, 0.3) is 0 Å². The van der Waals surface area contributed by atoms with Crippen LogP contribution >= 0.6 is 15.6 Å². The molecule has 0 fully saturated rings. The molecule has 522 valence electrons. The van der Waals surface area contributed by atoms with Gasteiger partial charge in [0.05, 0.1) is 26.4 Å². The molecule has 0 saturated carbocycles. The van der Waals surface area contributed by atoms with Gasteiger partial charge in [-0.3, -0.25) is 37.3 Å². The van der Waals surface area contributed by atoms with E-state index in [0.717, 1.165) is 109 Å². The summed E-state index contributed by atoms with van der Waals surface area (Å²) >= 11 is 0. The minimum absolute atomic E-state index is 0.103. The van der Waals surface area contributed by atoms with E-state index in [9.17, 15) is 43.2 Å². The van der Waals surface area contributed by atoms with Crippen molar-refractivity contribution in [1.29, 1.82) is 0 Å². The summed E-state index contributed by atoms with van der Waals surface area (Å²) in [5, 5.41) is 10.6. The number of phosphoric acid groups is 2. The highest BCUT2D eigenvalue weighted by molar-refractivity contribution is 7.47. The number of hydrogen-bond donors (Lipinski definition) is 3. The first-order valence-electron chi connectivity index (χ1n) is 36.0.